The molecule has 0 radical (unpaired) electrons. The van der Waals surface area contributed by atoms with Crippen molar-refractivity contribution in [2.45, 2.75) is 26.2 Å². The van der Waals surface area contributed by atoms with E-state index in [1.807, 2.05) is 0 Å². The maximum atomic E-state index is 13.7. The van der Waals surface area contributed by atoms with E-state index in [1.54, 1.807) is 0 Å². The summed E-state index contributed by atoms with van der Waals surface area (Å²) in [6, 6.07) is -0.199. The first kappa shape index (κ1) is 27.1. The van der Waals surface area contributed by atoms with Crippen molar-refractivity contribution < 1.29 is 79.4 Å². The molecule has 1 aromatic carbocycles. The Bertz CT molecular complexity index is 1080. The van der Waals surface area contributed by atoms with Crippen LogP contribution in [-0.4, -0.2) is 52.5 Å². The number of alkyl halides is 6. The average molecular weight is 474 g/mol. The third-order valence-electron chi connectivity index (χ3n) is 3.00. The predicted molar refractivity (Wildman–Crippen MR) is 71.2 cm³/mol. The Balaban J connectivity index is 0.00000729. The van der Waals surface area contributed by atoms with Crippen molar-refractivity contribution in [1.82, 2.24) is 0 Å². The van der Waals surface area contributed by atoms with Crippen LogP contribution in [0.1, 0.15) is 0 Å². The second-order valence-corrected chi connectivity index (χ2v) is 10.3. The SMILES string of the molecule is CS(=O)(=O)c1ccc(S(=O)(=O)C(F)(F)C(F)(F)C(F)(F)S(=O)(=O)[O-])c(F)c1.[Li+]. The van der Waals surface area contributed by atoms with E-state index in [0.29, 0.717) is 6.26 Å². The van der Waals surface area contributed by atoms with Crippen molar-refractivity contribution in [3.63, 3.8) is 0 Å². The summed E-state index contributed by atoms with van der Waals surface area (Å²) in [4.78, 5) is -3.31. The second-order valence-electron chi connectivity index (χ2n) is 4.93. The average Bonchev–Trinajstić information content (AvgIpc) is 2.43. The normalized spacial score (nSPS) is 14.5. The van der Waals surface area contributed by atoms with Crippen LogP contribution < -0.4 is 18.9 Å². The molecule has 0 aliphatic heterocycles. The molecule has 0 amide bonds. The smallest absolute Gasteiger partial charge is 0.743 e. The molecule has 0 atom stereocenters. The van der Waals surface area contributed by atoms with Crippen LogP contribution in [0.2, 0.25) is 0 Å². The fraction of sp³-hybridized carbons (Fsp3) is 0.400. The maximum absolute atomic E-state index is 13.7. The Hall–Kier alpha value is -0.863. The largest absolute Gasteiger partial charge is 1.00 e. The zero-order valence-electron chi connectivity index (χ0n) is 13.5. The summed E-state index contributed by atoms with van der Waals surface area (Å²) in [6.07, 6.45) is 0.484. The summed E-state index contributed by atoms with van der Waals surface area (Å²) < 4.78 is 170. The number of halogens is 7. The molecule has 1 rings (SSSR count). The minimum absolute atomic E-state index is 0. The Kier molecular flexibility index (Phi) is 7.20. The number of benzene rings is 1. The summed E-state index contributed by atoms with van der Waals surface area (Å²) in [5.41, 5.74) is 0. The van der Waals surface area contributed by atoms with E-state index < -0.39 is 61.8 Å². The van der Waals surface area contributed by atoms with Crippen LogP contribution in [0, 0.1) is 5.82 Å². The molecule has 18 heteroatoms. The van der Waals surface area contributed by atoms with Crippen molar-refractivity contribution in [2.75, 3.05) is 6.26 Å². The first-order valence-corrected chi connectivity index (χ1v) is 10.7. The van der Waals surface area contributed by atoms with Gasteiger partial charge in [0.15, 0.2) is 20.0 Å². The van der Waals surface area contributed by atoms with Gasteiger partial charge in [0.1, 0.15) is 10.7 Å². The van der Waals surface area contributed by atoms with Crippen molar-refractivity contribution in [3.8, 4) is 0 Å². The van der Waals surface area contributed by atoms with Gasteiger partial charge in [-0.15, -0.1) is 0 Å². The zero-order valence-corrected chi connectivity index (χ0v) is 15.9. The van der Waals surface area contributed by atoms with Crippen molar-refractivity contribution in [2.24, 2.45) is 0 Å². The summed E-state index contributed by atoms with van der Waals surface area (Å²) in [5.74, 6) is -9.64. The molecular weight excluding hydrogens is 468 g/mol. The minimum Gasteiger partial charge on any atom is -0.743 e. The van der Waals surface area contributed by atoms with Gasteiger partial charge < -0.3 is 4.55 Å². The second kappa shape index (κ2) is 7.43. The molecule has 0 saturated heterocycles. The van der Waals surface area contributed by atoms with Gasteiger partial charge in [-0.1, -0.05) is 0 Å². The molecule has 0 aliphatic carbocycles. The van der Waals surface area contributed by atoms with Gasteiger partial charge >= 0.3 is 35.3 Å². The summed E-state index contributed by atoms with van der Waals surface area (Å²) >= 11 is 0. The Morgan fingerprint density at radius 2 is 1.29 bits per heavy atom. The van der Waals surface area contributed by atoms with E-state index in [2.05, 4.69) is 0 Å². The van der Waals surface area contributed by atoms with Crippen LogP contribution in [0.25, 0.3) is 0 Å². The number of hydrogen-bond acceptors (Lipinski definition) is 7. The minimum atomic E-state index is -7.47. The third kappa shape index (κ3) is 4.05. The van der Waals surface area contributed by atoms with E-state index in [4.69, 9.17) is 0 Å². The van der Waals surface area contributed by atoms with E-state index >= 15 is 0 Å². The van der Waals surface area contributed by atoms with E-state index in [9.17, 15) is 60.5 Å². The molecule has 0 N–H and O–H groups in total. The van der Waals surface area contributed by atoms with Crippen LogP contribution in [0.15, 0.2) is 28.0 Å². The van der Waals surface area contributed by atoms with Crippen LogP contribution >= 0.6 is 0 Å². The standard InChI is InChI=1S/C10H7F7O7S3.Li/c1-25(18,19)5-2-3-7(6(11)4-5)26(20,21)9(14,15)8(12,13)10(16,17)27(22,23)24;/h2-4H,1H3,(H,22,23,24);/q;+1/p-1. The van der Waals surface area contributed by atoms with Crippen LogP contribution in [0.3, 0.4) is 0 Å². The summed E-state index contributed by atoms with van der Waals surface area (Å²) in [7, 11) is -18.7. The Morgan fingerprint density at radius 1 is 0.857 bits per heavy atom. The first-order chi connectivity index (χ1) is 11.6. The summed E-state index contributed by atoms with van der Waals surface area (Å²) in [6.45, 7) is 0. The Morgan fingerprint density at radius 3 is 1.61 bits per heavy atom. The molecule has 0 heterocycles. The molecular formula is C10H6F7LiO7S3. The van der Waals surface area contributed by atoms with E-state index in [-0.39, 0.29) is 37.1 Å². The van der Waals surface area contributed by atoms with Gasteiger partial charge in [-0.05, 0) is 18.2 Å². The number of rotatable bonds is 6. The van der Waals surface area contributed by atoms with Crippen LogP contribution in [0.5, 0.6) is 0 Å². The molecule has 7 nitrogen and oxygen atoms in total. The monoisotopic (exact) mass is 474 g/mol. The van der Waals surface area contributed by atoms with Crippen molar-refractivity contribution >= 4 is 29.8 Å². The molecule has 0 spiro atoms. The van der Waals surface area contributed by atoms with Gasteiger partial charge in [-0.25, -0.2) is 29.6 Å². The van der Waals surface area contributed by atoms with Gasteiger partial charge in [-0.3, -0.25) is 0 Å². The van der Waals surface area contributed by atoms with Crippen molar-refractivity contribution in [3.05, 3.63) is 24.0 Å². The molecule has 1 aromatic rings. The molecule has 156 valence electrons. The van der Waals surface area contributed by atoms with Crippen molar-refractivity contribution in [1.29, 1.82) is 0 Å². The molecule has 0 aliphatic rings. The number of sulfone groups is 2. The molecule has 0 aromatic heterocycles. The van der Waals surface area contributed by atoms with Gasteiger partial charge in [-0.2, -0.15) is 26.3 Å². The van der Waals surface area contributed by atoms with Gasteiger partial charge in [0.05, 0.1) is 4.90 Å². The first-order valence-electron chi connectivity index (χ1n) is 5.95. The van der Waals surface area contributed by atoms with Crippen LogP contribution in [0.4, 0.5) is 30.7 Å². The fourth-order valence-electron chi connectivity index (χ4n) is 1.56. The number of hydrogen-bond donors (Lipinski definition) is 0. The molecule has 0 saturated carbocycles. The summed E-state index contributed by atoms with van der Waals surface area (Å²) in [5, 5.41) is -14.1. The topological polar surface area (TPSA) is 125 Å². The molecule has 0 unspecified atom stereocenters. The molecule has 28 heavy (non-hydrogen) atoms. The van der Waals surface area contributed by atoms with Gasteiger partial charge in [0.2, 0.25) is 0 Å². The maximum Gasteiger partial charge on any atom is 1.00 e. The predicted octanol–water partition coefficient (Wildman–Crippen LogP) is -1.63. The fourth-order valence-corrected chi connectivity index (χ4v) is 4.01. The quantitative estimate of drug-likeness (QED) is 0.276. The Labute approximate surface area is 165 Å². The van der Waals surface area contributed by atoms with Crippen LogP contribution in [-0.2, 0) is 29.8 Å². The van der Waals surface area contributed by atoms with E-state index in [1.165, 1.54) is 0 Å². The third-order valence-corrected chi connectivity index (χ3v) is 6.84. The van der Waals surface area contributed by atoms with Gasteiger partial charge in [0, 0.05) is 6.26 Å². The zero-order chi connectivity index (χ0) is 21.9. The molecule has 0 bridgehead atoms. The van der Waals surface area contributed by atoms with Gasteiger partial charge in [0.25, 0.3) is 9.84 Å². The van der Waals surface area contributed by atoms with E-state index in [0.717, 1.165) is 0 Å². The molecule has 0 fully saturated rings.